The number of urea groups is 1. The Morgan fingerprint density at radius 1 is 1.15 bits per heavy atom. The number of carbonyl (C=O) groups excluding carboxylic acids is 1. The van der Waals surface area contributed by atoms with E-state index in [1.165, 1.54) is 0 Å². The van der Waals surface area contributed by atoms with E-state index in [0.717, 1.165) is 84.1 Å². The molecule has 0 radical (unpaired) electrons. The number of amides is 2. The third kappa shape index (κ3) is 5.80. The molecule has 2 saturated heterocycles. The van der Waals surface area contributed by atoms with E-state index in [4.69, 9.17) is 9.84 Å². The van der Waals surface area contributed by atoms with Crippen molar-refractivity contribution in [3.63, 3.8) is 0 Å². The van der Waals surface area contributed by atoms with Crippen LogP contribution < -0.4 is 5.32 Å². The van der Waals surface area contributed by atoms with Crippen LogP contribution in [0.3, 0.4) is 0 Å². The number of likely N-dealkylation sites (N-methyl/N-ethyl adjacent to an activating group) is 1. The Bertz CT molecular complexity index is 498. The molecule has 1 saturated carbocycles. The molecule has 8 nitrogen and oxygen atoms in total. The molecule has 0 aromatic carbocycles. The van der Waals surface area contributed by atoms with Crippen molar-refractivity contribution in [3.05, 3.63) is 0 Å². The number of rotatable bonds is 7. The van der Waals surface area contributed by atoms with Crippen LogP contribution in [-0.4, -0.2) is 103 Å². The lowest BCUT2D eigenvalue weighted by Gasteiger charge is -2.43. The molecule has 2 aliphatic heterocycles. The zero-order valence-corrected chi connectivity index (χ0v) is 16.4. The summed E-state index contributed by atoms with van der Waals surface area (Å²) in [6, 6.07) is 0.476. The Morgan fingerprint density at radius 2 is 1.81 bits per heavy atom. The molecule has 0 atom stereocenters. The SMILES string of the molecule is CCN(CC(=O)O)C1CC(NC(=O)N2CCN(CC3CCOCC3)CC2)C1. The molecule has 3 fully saturated rings. The summed E-state index contributed by atoms with van der Waals surface area (Å²) in [4.78, 5) is 29.8. The van der Waals surface area contributed by atoms with Crippen molar-refractivity contribution in [3.8, 4) is 0 Å². The monoisotopic (exact) mass is 382 g/mol. The molecule has 2 N–H and O–H groups in total. The van der Waals surface area contributed by atoms with Gasteiger partial charge in [0.15, 0.2) is 0 Å². The Hall–Kier alpha value is -1.38. The molecule has 3 aliphatic rings. The first-order chi connectivity index (χ1) is 13.0. The third-order valence-corrected chi connectivity index (χ3v) is 6.22. The number of hydrogen-bond donors (Lipinski definition) is 2. The number of nitrogens with zero attached hydrogens (tertiary/aromatic N) is 3. The summed E-state index contributed by atoms with van der Waals surface area (Å²) in [6.45, 7) is 9.14. The van der Waals surface area contributed by atoms with E-state index in [2.05, 4.69) is 10.2 Å². The Kier molecular flexibility index (Phi) is 7.32. The van der Waals surface area contributed by atoms with Gasteiger partial charge in [-0.25, -0.2) is 4.79 Å². The van der Waals surface area contributed by atoms with Crippen LogP contribution in [0.15, 0.2) is 0 Å². The number of hydrogen-bond acceptors (Lipinski definition) is 5. The smallest absolute Gasteiger partial charge is 0.317 e. The van der Waals surface area contributed by atoms with E-state index >= 15 is 0 Å². The van der Waals surface area contributed by atoms with Gasteiger partial charge in [0.05, 0.1) is 6.54 Å². The van der Waals surface area contributed by atoms with Crippen molar-refractivity contribution < 1.29 is 19.4 Å². The minimum Gasteiger partial charge on any atom is -0.480 e. The summed E-state index contributed by atoms with van der Waals surface area (Å²) in [5.74, 6) is -0.0543. The molecule has 0 aromatic heterocycles. The Balaban J connectivity index is 1.32. The van der Waals surface area contributed by atoms with Crippen molar-refractivity contribution in [2.45, 2.75) is 44.7 Å². The lowest BCUT2D eigenvalue weighted by molar-refractivity contribution is -0.139. The maximum atomic E-state index is 12.5. The second-order valence-corrected chi connectivity index (χ2v) is 8.07. The van der Waals surface area contributed by atoms with Crippen molar-refractivity contribution in [2.75, 3.05) is 59.0 Å². The molecule has 1 aliphatic carbocycles. The van der Waals surface area contributed by atoms with Gasteiger partial charge in [0.2, 0.25) is 0 Å². The van der Waals surface area contributed by atoms with Crippen LogP contribution in [0.5, 0.6) is 0 Å². The molecule has 2 amide bonds. The van der Waals surface area contributed by atoms with E-state index in [0.29, 0.717) is 0 Å². The topological polar surface area (TPSA) is 85.4 Å². The van der Waals surface area contributed by atoms with Crippen molar-refractivity contribution in [2.24, 2.45) is 5.92 Å². The van der Waals surface area contributed by atoms with Crippen molar-refractivity contribution in [1.82, 2.24) is 20.0 Å². The Labute approximate surface area is 161 Å². The highest BCUT2D eigenvalue weighted by atomic mass is 16.5. The van der Waals surface area contributed by atoms with Crippen LogP contribution in [0, 0.1) is 5.92 Å². The van der Waals surface area contributed by atoms with Gasteiger partial charge in [-0.2, -0.15) is 0 Å². The van der Waals surface area contributed by atoms with Gasteiger partial charge >= 0.3 is 12.0 Å². The summed E-state index contributed by atoms with van der Waals surface area (Å²) in [6.07, 6.45) is 3.99. The first-order valence-corrected chi connectivity index (χ1v) is 10.4. The van der Waals surface area contributed by atoms with Crippen LogP contribution >= 0.6 is 0 Å². The standard InChI is InChI=1S/C19H34N4O4/c1-2-22(14-18(24)25)17-11-16(12-17)20-19(26)23-7-5-21(6-8-23)13-15-3-9-27-10-4-15/h15-17H,2-14H2,1H3,(H,20,26)(H,24,25). The zero-order chi connectivity index (χ0) is 19.2. The molecular weight excluding hydrogens is 348 g/mol. The highest BCUT2D eigenvalue weighted by Crippen LogP contribution is 2.26. The van der Waals surface area contributed by atoms with E-state index in [-0.39, 0.29) is 24.7 Å². The van der Waals surface area contributed by atoms with Gasteiger partial charge in [0, 0.05) is 58.0 Å². The zero-order valence-electron chi connectivity index (χ0n) is 16.4. The Morgan fingerprint density at radius 3 is 2.41 bits per heavy atom. The summed E-state index contributed by atoms with van der Waals surface area (Å²) in [5, 5.41) is 12.1. The van der Waals surface area contributed by atoms with E-state index in [9.17, 15) is 9.59 Å². The molecule has 0 spiro atoms. The van der Waals surface area contributed by atoms with Gasteiger partial charge in [0.1, 0.15) is 0 Å². The van der Waals surface area contributed by atoms with Crippen LogP contribution in [0.2, 0.25) is 0 Å². The largest absolute Gasteiger partial charge is 0.480 e. The fraction of sp³-hybridized carbons (Fsp3) is 0.895. The molecule has 154 valence electrons. The predicted octanol–water partition coefficient (Wildman–Crippen LogP) is 0.678. The maximum absolute atomic E-state index is 12.5. The second kappa shape index (κ2) is 9.71. The number of piperazine rings is 1. The molecular formula is C19H34N4O4. The highest BCUT2D eigenvalue weighted by Gasteiger charge is 2.35. The minimum atomic E-state index is -0.789. The van der Waals surface area contributed by atoms with Gasteiger partial charge in [0.25, 0.3) is 0 Å². The first-order valence-electron chi connectivity index (χ1n) is 10.4. The van der Waals surface area contributed by atoms with Crippen LogP contribution in [-0.2, 0) is 9.53 Å². The summed E-state index contributed by atoms with van der Waals surface area (Å²) in [5.41, 5.74) is 0. The fourth-order valence-electron chi connectivity index (χ4n) is 4.37. The highest BCUT2D eigenvalue weighted by molar-refractivity contribution is 5.74. The van der Waals surface area contributed by atoms with Gasteiger partial charge in [-0.3, -0.25) is 14.6 Å². The maximum Gasteiger partial charge on any atom is 0.317 e. The number of carboxylic acids is 1. The summed E-state index contributed by atoms with van der Waals surface area (Å²) in [7, 11) is 0. The number of ether oxygens (including phenoxy) is 1. The lowest BCUT2D eigenvalue weighted by Crippen LogP contribution is -2.59. The second-order valence-electron chi connectivity index (χ2n) is 8.07. The van der Waals surface area contributed by atoms with Gasteiger partial charge in [-0.1, -0.05) is 6.92 Å². The summed E-state index contributed by atoms with van der Waals surface area (Å²) < 4.78 is 5.43. The lowest BCUT2D eigenvalue weighted by atomic mass is 9.85. The van der Waals surface area contributed by atoms with Gasteiger partial charge in [-0.15, -0.1) is 0 Å². The summed E-state index contributed by atoms with van der Waals surface area (Å²) >= 11 is 0. The van der Waals surface area contributed by atoms with Crippen LogP contribution in [0.4, 0.5) is 4.79 Å². The van der Waals surface area contributed by atoms with Gasteiger partial charge in [-0.05, 0) is 38.1 Å². The number of nitrogens with one attached hydrogen (secondary N) is 1. The third-order valence-electron chi connectivity index (χ3n) is 6.22. The van der Waals surface area contributed by atoms with E-state index in [1.807, 2.05) is 16.7 Å². The molecule has 0 bridgehead atoms. The molecule has 2 heterocycles. The van der Waals surface area contributed by atoms with Crippen molar-refractivity contribution in [1.29, 1.82) is 0 Å². The number of carbonyl (C=O) groups is 2. The predicted molar refractivity (Wildman–Crippen MR) is 102 cm³/mol. The molecule has 0 unspecified atom stereocenters. The van der Waals surface area contributed by atoms with E-state index in [1.54, 1.807) is 0 Å². The average molecular weight is 383 g/mol. The molecule has 0 aromatic rings. The molecule has 27 heavy (non-hydrogen) atoms. The van der Waals surface area contributed by atoms with Crippen molar-refractivity contribution >= 4 is 12.0 Å². The molecule has 3 rings (SSSR count). The van der Waals surface area contributed by atoms with Gasteiger partial charge < -0.3 is 20.1 Å². The molecule has 8 heteroatoms. The minimum absolute atomic E-state index is 0.0328. The normalized spacial score (nSPS) is 27.4. The quantitative estimate of drug-likeness (QED) is 0.674. The average Bonchev–Trinajstić information content (AvgIpc) is 2.64. The number of carboxylic acid groups (broad SMARTS) is 1. The van der Waals surface area contributed by atoms with Crippen LogP contribution in [0.25, 0.3) is 0 Å². The number of aliphatic carboxylic acids is 1. The van der Waals surface area contributed by atoms with E-state index < -0.39 is 5.97 Å². The van der Waals surface area contributed by atoms with Crippen LogP contribution in [0.1, 0.15) is 32.6 Å². The first kappa shape index (κ1) is 20.4. The fourth-order valence-corrected chi connectivity index (χ4v) is 4.37.